The largest absolute Gasteiger partial charge is 0.440 e. The summed E-state index contributed by atoms with van der Waals surface area (Å²) in [6.45, 7) is 6.09. The number of carbonyl (C=O) groups is 1. The van der Waals surface area contributed by atoms with Gasteiger partial charge in [-0.1, -0.05) is 26.8 Å². The van der Waals surface area contributed by atoms with Gasteiger partial charge in [-0.15, -0.1) is 0 Å². The smallest absolute Gasteiger partial charge is 0.258 e. The fourth-order valence-electron chi connectivity index (χ4n) is 1.91. The maximum Gasteiger partial charge on any atom is 0.258 e. The van der Waals surface area contributed by atoms with Crippen molar-refractivity contribution in [2.24, 2.45) is 5.73 Å². The van der Waals surface area contributed by atoms with Crippen molar-refractivity contribution < 1.29 is 9.21 Å². The summed E-state index contributed by atoms with van der Waals surface area (Å²) in [5.41, 5.74) is 11.1. The van der Waals surface area contributed by atoms with Gasteiger partial charge in [-0.2, -0.15) is 0 Å². The molecule has 1 heterocycles. The standard InChI is InChI=1S/C14H16N2O3/c1-14(2,3)7-4-5-9-8(6-7)11(17)10(12(15)18)13(16)19-9/h4-6H,16H2,1-3H3,(H2,15,18). The molecule has 0 unspecified atom stereocenters. The monoisotopic (exact) mass is 260 g/mol. The number of rotatable bonds is 1. The molecule has 0 spiro atoms. The minimum atomic E-state index is -0.880. The van der Waals surface area contributed by atoms with Gasteiger partial charge >= 0.3 is 0 Å². The second kappa shape index (κ2) is 4.12. The van der Waals surface area contributed by atoms with E-state index >= 15 is 0 Å². The molecule has 1 aromatic carbocycles. The Morgan fingerprint density at radius 1 is 1.26 bits per heavy atom. The number of anilines is 1. The second-order valence-electron chi connectivity index (χ2n) is 5.50. The van der Waals surface area contributed by atoms with Gasteiger partial charge in [0.05, 0.1) is 5.39 Å². The number of fused-ring (bicyclic) bond motifs is 1. The third kappa shape index (κ3) is 2.19. The van der Waals surface area contributed by atoms with Crippen molar-refractivity contribution >= 4 is 22.8 Å². The SMILES string of the molecule is CC(C)(C)c1ccc2oc(N)c(C(N)=O)c(=O)c2c1. The van der Waals surface area contributed by atoms with Gasteiger partial charge in [0.2, 0.25) is 11.3 Å². The third-order valence-electron chi connectivity index (χ3n) is 3.03. The van der Waals surface area contributed by atoms with E-state index in [1.54, 1.807) is 12.1 Å². The first-order chi connectivity index (χ1) is 8.71. The Bertz CT molecular complexity index is 724. The molecule has 100 valence electrons. The second-order valence-corrected chi connectivity index (χ2v) is 5.50. The number of primary amides is 1. The first-order valence-corrected chi connectivity index (χ1v) is 5.88. The Morgan fingerprint density at radius 2 is 1.89 bits per heavy atom. The molecule has 0 saturated heterocycles. The summed E-state index contributed by atoms with van der Waals surface area (Å²) in [6.07, 6.45) is 0. The molecule has 4 N–H and O–H groups in total. The lowest BCUT2D eigenvalue weighted by Crippen LogP contribution is -2.24. The molecule has 19 heavy (non-hydrogen) atoms. The number of hydrogen-bond donors (Lipinski definition) is 2. The van der Waals surface area contributed by atoms with Gasteiger partial charge in [0.25, 0.3) is 5.91 Å². The van der Waals surface area contributed by atoms with Crippen molar-refractivity contribution in [1.82, 2.24) is 0 Å². The Kier molecular flexibility index (Phi) is 2.85. The number of amides is 1. The molecule has 0 aliphatic rings. The van der Waals surface area contributed by atoms with Crippen LogP contribution < -0.4 is 16.9 Å². The summed E-state index contributed by atoms with van der Waals surface area (Å²) < 4.78 is 5.28. The number of nitrogen functional groups attached to an aromatic ring is 1. The van der Waals surface area contributed by atoms with Crippen LogP contribution in [-0.4, -0.2) is 5.91 Å². The van der Waals surface area contributed by atoms with E-state index < -0.39 is 11.3 Å². The molecule has 0 aliphatic heterocycles. The summed E-state index contributed by atoms with van der Waals surface area (Å²) in [6, 6.07) is 5.26. The fourth-order valence-corrected chi connectivity index (χ4v) is 1.91. The van der Waals surface area contributed by atoms with Crippen LogP contribution >= 0.6 is 0 Å². The van der Waals surface area contributed by atoms with Crippen LogP contribution in [-0.2, 0) is 5.41 Å². The maximum absolute atomic E-state index is 12.2. The average Bonchev–Trinajstić information content (AvgIpc) is 2.26. The van der Waals surface area contributed by atoms with E-state index in [0.29, 0.717) is 11.0 Å². The number of nitrogens with two attached hydrogens (primary N) is 2. The number of benzene rings is 1. The highest BCUT2D eigenvalue weighted by Gasteiger charge is 2.19. The van der Waals surface area contributed by atoms with Gasteiger partial charge in [-0.25, -0.2) is 0 Å². The molecule has 0 radical (unpaired) electrons. The molecule has 2 aromatic rings. The zero-order valence-electron chi connectivity index (χ0n) is 11.1. The van der Waals surface area contributed by atoms with Crippen LogP contribution in [0.3, 0.4) is 0 Å². The van der Waals surface area contributed by atoms with Gasteiger partial charge in [0.1, 0.15) is 11.1 Å². The van der Waals surface area contributed by atoms with Crippen LogP contribution in [0.15, 0.2) is 27.4 Å². The topological polar surface area (TPSA) is 99.3 Å². The summed E-state index contributed by atoms with van der Waals surface area (Å²) in [5, 5.41) is 0.315. The molecule has 1 amide bonds. The summed E-state index contributed by atoms with van der Waals surface area (Å²) >= 11 is 0. The Morgan fingerprint density at radius 3 is 2.42 bits per heavy atom. The van der Waals surface area contributed by atoms with Crippen LogP contribution in [0, 0.1) is 0 Å². The van der Waals surface area contributed by atoms with E-state index in [4.69, 9.17) is 15.9 Å². The lowest BCUT2D eigenvalue weighted by atomic mass is 9.86. The van der Waals surface area contributed by atoms with Crippen molar-refractivity contribution in [2.45, 2.75) is 26.2 Å². The van der Waals surface area contributed by atoms with E-state index in [-0.39, 0.29) is 16.9 Å². The summed E-state index contributed by atoms with van der Waals surface area (Å²) in [5.74, 6) is -1.12. The quantitative estimate of drug-likeness (QED) is 0.816. The highest BCUT2D eigenvalue weighted by atomic mass is 16.3. The minimum absolute atomic E-state index is 0.116. The normalized spacial score (nSPS) is 11.7. The van der Waals surface area contributed by atoms with Gasteiger partial charge in [-0.3, -0.25) is 9.59 Å². The zero-order chi connectivity index (χ0) is 14.4. The van der Waals surface area contributed by atoms with E-state index in [2.05, 4.69) is 0 Å². The number of hydrogen-bond acceptors (Lipinski definition) is 4. The lowest BCUT2D eigenvalue weighted by Gasteiger charge is -2.19. The first kappa shape index (κ1) is 13.1. The fraction of sp³-hybridized carbons (Fsp3) is 0.286. The predicted octanol–water partition coefficient (Wildman–Crippen LogP) is 1.77. The number of carbonyl (C=O) groups excluding carboxylic acids is 1. The van der Waals surface area contributed by atoms with Crippen molar-refractivity contribution in [3.63, 3.8) is 0 Å². The minimum Gasteiger partial charge on any atom is -0.440 e. The third-order valence-corrected chi connectivity index (χ3v) is 3.03. The Labute approximate surface area is 110 Å². The molecule has 0 aliphatic carbocycles. The van der Waals surface area contributed by atoms with Crippen molar-refractivity contribution in [1.29, 1.82) is 0 Å². The maximum atomic E-state index is 12.2. The Hall–Kier alpha value is -2.30. The molecular formula is C14H16N2O3. The van der Waals surface area contributed by atoms with Crippen LogP contribution in [0.4, 0.5) is 5.88 Å². The van der Waals surface area contributed by atoms with E-state index in [9.17, 15) is 9.59 Å². The van der Waals surface area contributed by atoms with E-state index in [0.717, 1.165) is 5.56 Å². The van der Waals surface area contributed by atoms with E-state index in [1.165, 1.54) is 0 Å². The van der Waals surface area contributed by atoms with Gasteiger partial charge < -0.3 is 15.9 Å². The van der Waals surface area contributed by atoms with Crippen LogP contribution in [0.5, 0.6) is 0 Å². The first-order valence-electron chi connectivity index (χ1n) is 5.88. The zero-order valence-corrected chi connectivity index (χ0v) is 11.1. The van der Waals surface area contributed by atoms with Gasteiger partial charge in [0, 0.05) is 0 Å². The highest BCUT2D eigenvalue weighted by Crippen LogP contribution is 2.26. The predicted molar refractivity (Wildman–Crippen MR) is 74.1 cm³/mol. The molecule has 2 rings (SSSR count). The summed E-state index contributed by atoms with van der Waals surface area (Å²) in [4.78, 5) is 23.5. The van der Waals surface area contributed by atoms with Crippen LogP contribution in [0.1, 0.15) is 36.7 Å². The van der Waals surface area contributed by atoms with Crippen LogP contribution in [0.25, 0.3) is 11.0 Å². The van der Waals surface area contributed by atoms with Gasteiger partial charge in [0.15, 0.2) is 0 Å². The molecule has 0 bridgehead atoms. The van der Waals surface area contributed by atoms with E-state index in [1.807, 2.05) is 26.8 Å². The van der Waals surface area contributed by atoms with Crippen molar-refractivity contribution in [3.8, 4) is 0 Å². The highest BCUT2D eigenvalue weighted by molar-refractivity contribution is 5.99. The Balaban J connectivity index is 2.86. The lowest BCUT2D eigenvalue weighted by molar-refractivity contribution is 0.0999. The van der Waals surface area contributed by atoms with Crippen molar-refractivity contribution in [2.75, 3.05) is 5.73 Å². The average molecular weight is 260 g/mol. The molecular weight excluding hydrogens is 244 g/mol. The van der Waals surface area contributed by atoms with Crippen molar-refractivity contribution in [3.05, 3.63) is 39.5 Å². The molecule has 0 saturated carbocycles. The molecule has 5 nitrogen and oxygen atoms in total. The molecule has 0 atom stereocenters. The van der Waals surface area contributed by atoms with Gasteiger partial charge in [-0.05, 0) is 23.1 Å². The summed E-state index contributed by atoms with van der Waals surface area (Å²) in [7, 11) is 0. The molecule has 0 fully saturated rings. The van der Waals surface area contributed by atoms with Crippen LogP contribution in [0.2, 0.25) is 0 Å². The molecule has 5 heteroatoms. The molecule has 1 aromatic heterocycles.